The van der Waals surface area contributed by atoms with Gasteiger partial charge in [0.15, 0.2) is 0 Å². The van der Waals surface area contributed by atoms with Gasteiger partial charge in [-0.1, -0.05) is 5.57 Å². The summed E-state index contributed by atoms with van der Waals surface area (Å²) in [4.78, 5) is 17.1. The summed E-state index contributed by atoms with van der Waals surface area (Å²) in [6.07, 6.45) is 9.53. The highest BCUT2D eigenvalue weighted by Gasteiger charge is 2.31. The minimum atomic E-state index is 0.270. The van der Waals surface area contributed by atoms with Crippen LogP contribution in [0.4, 0.5) is 0 Å². The summed E-state index contributed by atoms with van der Waals surface area (Å²) in [5.74, 6) is 0.981. The fourth-order valence-electron chi connectivity index (χ4n) is 3.51. The third kappa shape index (κ3) is 3.19. The van der Waals surface area contributed by atoms with Gasteiger partial charge < -0.3 is 9.80 Å². The molecule has 1 aliphatic carbocycles. The van der Waals surface area contributed by atoms with Crippen molar-refractivity contribution in [1.29, 1.82) is 0 Å². The zero-order valence-corrected chi connectivity index (χ0v) is 12.1. The number of carbonyl (C=O) groups is 1. The van der Waals surface area contributed by atoms with Gasteiger partial charge in [0.1, 0.15) is 0 Å². The molecule has 2 heterocycles. The number of allylic oxidation sites excluding steroid dienone is 1. The molecule has 0 radical (unpaired) electrons. The van der Waals surface area contributed by atoms with E-state index >= 15 is 0 Å². The van der Waals surface area contributed by atoms with Crippen LogP contribution in [-0.4, -0.2) is 47.9 Å². The second kappa shape index (κ2) is 5.66. The van der Waals surface area contributed by atoms with Gasteiger partial charge in [-0.3, -0.25) is 4.79 Å². The molecular weight excluding hydrogens is 236 g/mol. The predicted octanol–water partition coefficient (Wildman–Crippen LogP) is 2.43. The van der Waals surface area contributed by atoms with E-state index in [1.165, 1.54) is 57.2 Å². The van der Waals surface area contributed by atoms with Crippen LogP contribution in [0.1, 0.15) is 45.4 Å². The van der Waals surface area contributed by atoms with E-state index in [1.807, 2.05) is 6.08 Å². The molecule has 2 saturated heterocycles. The van der Waals surface area contributed by atoms with E-state index in [0.717, 1.165) is 13.1 Å². The first-order valence-corrected chi connectivity index (χ1v) is 7.95. The lowest BCUT2D eigenvalue weighted by molar-refractivity contribution is -0.127. The molecule has 1 amide bonds. The number of hydrogen-bond donors (Lipinski definition) is 0. The predicted molar refractivity (Wildman–Crippen MR) is 76.9 cm³/mol. The number of hydrogen-bond acceptors (Lipinski definition) is 2. The van der Waals surface area contributed by atoms with Crippen molar-refractivity contribution in [1.82, 2.24) is 9.80 Å². The van der Waals surface area contributed by atoms with E-state index in [2.05, 4.69) is 16.7 Å². The Kier molecular flexibility index (Phi) is 3.92. The van der Waals surface area contributed by atoms with Crippen LogP contribution in [0.25, 0.3) is 0 Å². The Morgan fingerprint density at radius 2 is 1.84 bits per heavy atom. The molecule has 0 spiro atoms. The summed E-state index contributed by atoms with van der Waals surface area (Å²) in [6.45, 7) is 6.65. The molecule has 1 atom stereocenters. The molecule has 1 unspecified atom stereocenters. The molecule has 19 heavy (non-hydrogen) atoms. The highest BCUT2D eigenvalue weighted by Crippen LogP contribution is 2.36. The minimum absolute atomic E-state index is 0.270. The number of rotatable bonds is 4. The standard InChI is InChI=1S/C16H26N2O/c1-13(14-6-7-14)11-16(19)18-10-4-5-15(18)12-17-8-2-3-9-17/h11,14-15H,2-10,12H2,1H3. The number of amides is 1. The molecule has 0 aromatic heterocycles. The number of carbonyl (C=O) groups excluding carboxylic acids is 1. The van der Waals surface area contributed by atoms with Gasteiger partial charge in [-0.25, -0.2) is 0 Å². The molecule has 2 aliphatic heterocycles. The molecule has 3 aliphatic rings. The van der Waals surface area contributed by atoms with Crippen molar-refractivity contribution < 1.29 is 4.79 Å². The third-order valence-corrected chi connectivity index (χ3v) is 4.90. The summed E-state index contributed by atoms with van der Waals surface area (Å²) < 4.78 is 0. The topological polar surface area (TPSA) is 23.6 Å². The summed E-state index contributed by atoms with van der Waals surface area (Å²) in [5, 5.41) is 0. The highest BCUT2D eigenvalue weighted by molar-refractivity contribution is 5.88. The number of nitrogens with zero attached hydrogens (tertiary/aromatic N) is 2. The summed E-state index contributed by atoms with van der Waals surface area (Å²) in [6, 6.07) is 0.467. The quantitative estimate of drug-likeness (QED) is 0.727. The van der Waals surface area contributed by atoms with Gasteiger partial charge in [-0.05, 0) is 64.5 Å². The van der Waals surface area contributed by atoms with E-state index in [-0.39, 0.29) is 5.91 Å². The van der Waals surface area contributed by atoms with Crippen molar-refractivity contribution in [3.05, 3.63) is 11.6 Å². The Morgan fingerprint density at radius 3 is 2.53 bits per heavy atom. The lowest BCUT2D eigenvalue weighted by atomic mass is 10.1. The zero-order valence-electron chi connectivity index (χ0n) is 12.1. The molecule has 1 saturated carbocycles. The first-order valence-electron chi connectivity index (χ1n) is 7.95. The Morgan fingerprint density at radius 1 is 1.11 bits per heavy atom. The smallest absolute Gasteiger partial charge is 0.246 e. The monoisotopic (exact) mass is 262 g/mol. The molecule has 3 rings (SSSR count). The van der Waals surface area contributed by atoms with Crippen LogP contribution in [0.5, 0.6) is 0 Å². The van der Waals surface area contributed by atoms with Crippen molar-refractivity contribution in [2.24, 2.45) is 5.92 Å². The number of likely N-dealkylation sites (tertiary alicyclic amines) is 2. The van der Waals surface area contributed by atoms with E-state index in [0.29, 0.717) is 12.0 Å². The molecule has 0 aromatic carbocycles. The van der Waals surface area contributed by atoms with Gasteiger partial charge in [-0.15, -0.1) is 0 Å². The van der Waals surface area contributed by atoms with Crippen molar-refractivity contribution >= 4 is 5.91 Å². The SMILES string of the molecule is CC(=CC(=O)N1CCCC1CN1CCCC1)C1CC1. The molecule has 3 nitrogen and oxygen atoms in total. The van der Waals surface area contributed by atoms with Crippen LogP contribution in [-0.2, 0) is 4.79 Å². The van der Waals surface area contributed by atoms with Crippen molar-refractivity contribution in [2.45, 2.75) is 51.5 Å². The van der Waals surface area contributed by atoms with Crippen LogP contribution < -0.4 is 0 Å². The normalized spacial score (nSPS) is 29.2. The van der Waals surface area contributed by atoms with Crippen LogP contribution in [0.2, 0.25) is 0 Å². The molecule has 3 heteroatoms. The van der Waals surface area contributed by atoms with Gasteiger partial charge in [-0.2, -0.15) is 0 Å². The molecule has 0 aromatic rings. The van der Waals surface area contributed by atoms with Gasteiger partial charge >= 0.3 is 0 Å². The van der Waals surface area contributed by atoms with Gasteiger partial charge in [0.2, 0.25) is 5.91 Å². The maximum atomic E-state index is 12.4. The van der Waals surface area contributed by atoms with E-state index in [4.69, 9.17) is 0 Å². The Balaban J connectivity index is 1.58. The fraction of sp³-hybridized carbons (Fsp3) is 0.812. The summed E-state index contributed by atoms with van der Waals surface area (Å²) in [7, 11) is 0. The second-order valence-corrected chi connectivity index (χ2v) is 6.50. The van der Waals surface area contributed by atoms with Gasteiger partial charge in [0.25, 0.3) is 0 Å². The van der Waals surface area contributed by atoms with E-state index in [1.54, 1.807) is 0 Å². The maximum absolute atomic E-state index is 12.4. The van der Waals surface area contributed by atoms with Crippen LogP contribution in [0, 0.1) is 5.92 Å². The Bertz CT molecular complexity index is 367. The lowest BCUT2D eigenvalue weighted by Crippen LogP contribution is -2.42. The molecule has 0 bridgehead atoms. The van der Waals surface area contributed by atoms with Crippen molar-refractivity contribution in [3.8, 4) is 0 Å². The van der Waals surface area contributed by atoms with E-state index in [9.17, 15) is 4.79 Å². The first kappa shape index (κ1) is 13.2. The van der Waals surface area contributed by atoms with Crippen LogP contribution in [0.3, 0.4) is 0 Å². The zero-order chi connectivity index (χ0) is 13.2. The average Bonchev–Trinajstić information content (AvgIpc) is 2.93. The maximum Gasteiger partial charge on any atom is 0.246 e. The van der Waals surface area contributed by atoms with Crippen LogP contribution in [0.15, 0.2) is 11.6 Å². The first-order chi connectivity index (χ1) is 9.24. The lowest BCUT2D eigenvalue weighted by Gasteiger charge is -2.28. The van der Waals surface area contributed by atoms with E-state index < -0.39 is 0 Å². The highest BCUT2D eigenvalue weighted by atomic mass is 16.2. The van der Waals surface area contributed by atoms with Crippen molar-refractivity contribution in [2.75, 3.05) is 26.2 Å². The average molecular weight is 262 g/mol. The van der Waals surface area contributed by atoms with Gasteiger partial charge in [0.05, 0.1) is 0 Å². The molecule has 106 valence electrons. The third-order valence-electron chi connectivity index (χ3n) is 4.90. The van der Waals surface area contributed by atoms with Gasteiger partial charge in [0, 0.05) is 25.2 Å². The molecule has 3 fully saturated rings. The Hall–Kier alpha value is -0.830. The van der Waals surface area contributed by atoms with Crippen LogP contribution >= 0.6 is 0 Å². The largest absolute Gasteiger partial charge is 0.335 e. The summed E-state index contributed by atoms with van der Waals surface area (Å²) >= 11 is 0. The molecule has 0 N–H and O–H groups in total. The summed E-state index contributed by atoms with van der Waals surface area (Å²) in [5.41, 5.74) is 1.30. The fourth-order valence-corrected chi connectivity index (χ4v) is 3.51. The second-order valence-electron chi connectivity index (χ2n) is 6.50. The molecular formula is C16H26N2O. The van der Waals surface area contributed by atoms with Crippen molar-refractivity contribution in [3.63, 3.8) is 0 Å². The Labute approximate surface area is 116 Å². The minimum Gasteiger partial charge on any atom is -0.335 e.